The molecule has 0 spiro atoms. The Morgan fingerprint density at radius 3 is 2.41 bits per heavy atom. The van der Waals surface area contributed by atoms with E-state index in [-0.39, 0.29) is 36.0 Å². The lowest BCUT2D eigenvalue weighted by molar-refractivity contribution is 0.145. The molecule has 0 bridgehead atoms. The normalized spacial score (nSPS) is 11.0. The molecule has 22 heavy (non-hydrogen) atoms. The first-order chi connectivity index (χ1) is 10.2. The van der Waals surface area contributed by atoms with Gasteiger partial charge in [-0.25, -0.2) is 8.78 Å². The van der Waals surface area contributed by atoms with Crippen molar-refractivity contribution >= 4 is 29.9 Å². The highest BCUT2D eigenvalue weighted by molar-refractivity contribution is 14.0. The Labute approximate surface area is 147 Å². The molecule has 0 amide bonds. The number of halogens is 3. The highest BCUT2D eigenvalue weighted by Gasteiger charge is 2.07. The van der Waals surface area contributed by atoms with Gasteiger partial charge in [-0.1, -0.05) is 6.07 Å². The third kappa shape index (κ3) is 7.88. The summed E-state index contributed by atoms with van der Waals surface area (Å²) < 4.78 is 32.1. The van der Waals surface area contributed by atoms with Gasteiger partial charge in [0, 0.05) is 38.9 Å². The first-order valence-electron chi connectivity index (χ1n) is 7.14. The molecule has 126 valence electrons. The number of benzene rings is 1. The number of aliphatic imine (C=N–C) groups is 1. The van der Waals surface area contributed by atoms with E-state index in [9.17, 15) is 8.78 Å². The van der Waals surface area contributed by atoms with Crippen molar-refractivity contribution in [1.82, 2.24) is 10.6 Å². The number of hydrogen-bond acceptors (Lipinski definition) is 2. The molecule has 0 radical (unpaired) electrons. The van der Waals surface area contributed by atoms with Gasteiger partial charge >= 0.3 is 0 Å². The Morgan fingerprint density at radius 2 is 1.82 bits per heavy atom. The van der Waals surface area contributed by atoms with Crippen molar-refractivity contribution < 1.29 is 13.5 Å². The average molecular weight is 427 g/mol. The molecule has 1 rings (SSSR count). The maximum atomic E-state index is 13.5. The van der Waals surface area contributed by atoms with Crippen LogP contribution in [-0.4, -0.2) is 39.3 Å². The Bertz CT molecular complexity index is 438. The van der Waals surface area contributed by atoms with Crippen LogP contribution in [0.2, 0.25) is 0 Å². The van der Waals surface area contributed by atoms with Gasteiger partial charge < -0.3 is 15.4 Å². The van der Waals surface area contributed by atoms with E-state index in [1.807, 2.05) is 6.92 Å². The SMILES string of the molecule is CCOCCCNC(=NC)NCCc1c(F)cccc1F.I. The zero-order valence-corrected chi connectivity index (χ0v) is 15.3. The number of ether oxygens (including phenoxy) is 1. The summed E-state index contributed by atoms with van der Waals surface area (Å²) in [5.74, 6) is -0.420. The Hall–Kier alpha value is -0.960. The number of rotatable bonds is 8. The smallest absolute Gasteiger partial charge is 0.190 e. The van der Waals surface area contributed by atoms with Gasteiger partial charge in [0.2, 0.25) is 0 Å². The minimum atomic E-state index is -0.517. The molecule has 2 N–H and O–H groups in total. The minimum Gasteiger partial charge on any atom is -0.382 e. The number of guanidine groups is 1. The molecule has 0 unspecified atom stereocenters. The van der Waals surface area contributed by atoms with E-state index in [1.165, 1.54) is 18.2 Å². The third-order valence-electron chi connectivity index (χ3n) is 2.91. The fourth-order valence-electron chi connectivity index (χ4n) is 1.82. The standard InChI is InChI=1S/C15H23F2N3O.HI/c1-3-21-11-5-9-19-15(18-2)20-10-8-12-13(16)6-4-7-14(12)17;/h4,6-7H,3,5,8-11H2,1-2H3,(H2,18,19,20);1H. The molecule has 0 aromatic heterocycles. The average Bonchev–Trinajstić information content (AvgIpc) is 2.48. The highest BCUT2D eigenvalue weighted by Crippen LogP contribution is 2.11. The zero-order chi connectivity index (χ0) is 15.5. The number of nitrogens with zero attached hydrogens (tertiary/aromatic N) is 1. The van der Waals surface area contributed by atoms with E-state index >= 15 is 0 Å². The predicted octanol–water partition coefficient (Wildman–Crippen LogP) is 2.72. The lowest BCUT2D eigenvalue weighted by Gasteiger charge is -2.12. The second-order valence-electron chi connectivity index (χ2n) is 4.43. The van der Waals surface area contributed by atoms with E-state index in [0.717, 1.165) is 13.0 Å². The molecule has 0 atom stereocenters. The maximum absolute atomic E-state index is 13.5. The largest absolute Gasteiger partial charge is 0.382 e. The Balaban J connectivity index is 0.00000441. The van der Waals surface area contributed by atoms with Crippen LogP contribution in [0.3, 0.4) is 0 Å². The summed E-state index contributed by atoms with van der Waals surface area (Å²) in [4.78, 5) is 4.05. The van der Waals surface area contributed by atoms with Gasteiger partial charge in [-0.05, 0) is 31.9 Å². The molecule has 0 aliphatic heterocycles. The Morgan fingerprint density at radius 1 is 1.18 bits per heavy atom. The Kier molecular flexibility index (Phi) is 12.0. The summed E-state index contributed by atoms with van der Waals surface area (Å²) in [6.45, 7) is 4.49. The van der Waals surface area contributed by atoms with Gasteiger partial charge in [-0.3, -0.25) is 4.99 Å². The molecule has 7 heteroatoms. The molecule has 0 aliphatic rings. The topological polar surface area (TPSA) is 45.6 Å². The number of hydrogen-bond donors (Lipinski definition) is 2. The van der Waals surface area contributed by atoms with Crippen LogP contribution in [0.4, 0.5) is 8.78 Å². The first kappa shape index (κ1) is 21.0. The molecule has 1 aromatic rings. The van der Waals surface area contributed by atoms with Gasteiger partial charge in [0.15, 0.2) is 5.96 Å². The molecule has 0 saturated heterocycles. The van der Waals surface area contributed by atoms with Crippen LogP contribution < -0.4 is 10.6 Å². The van der Waals surface area contributed by atoms with Gasteiger partial charge in [0.1, 0.15) is 11.6 Å². The summed E-state index contributed by atoms with van der Waals surface area (Å²) >= 11 is 0. The first-order valence-corrected chi connectivity index (χ1v) is 7.14. The summed E-state index contributed by atoms with van der Waals surface area (Å²) in [5.41, 5.74) is 0.0943. The predicted molar refractivity (Wildman–Crippen MR) is 96.0 cm³/mol. The summed E-state index contributed by atoms with van der Waals surface area (Å²) in [6.07, 6.45) is 1.13. The van der Waals surface area contributed by atoms with Crippen LogP contribution in [0.15, 0.2) is 23.2 Å². The molecular formula is C15H24F2IN3O. The van der Waals surface area contributed by atoms with Crippen LogP contribution in [0.5, 0.6) is 0 Å². The monoisotopic (exact) mass is 427 g/mol. The van der Waals surface area contributed by atoms with Crippen LogP contribution in [0, 0.1) is 11.6 Å². The zero-order valence-electron chi connectivity index (χ0n) is 13.0. The maximum Gasteiger partial charge on any atom is 0.190 e. The van der Waals surface area contributed by atoms with E-state index in [4.69, 9.17) is 4.74 Å². The summed E-state index contributed by atoms with van der Waals surface area (Å²) in [6, 6.07) is 3.89. The van der Waals surface area contributed by atoms with Crippen molar-refractivity contribution in [2.75, 3.05) is 33.4 Å². The van der Waals surface area contributed by atoms with Gasteiger partial charge in [0.05, 0.1) is 0 Å². The molecule has 4 nitrogen and oxygen atoms in total. The highest BCUT2D eigenvalue weighted by atomic mass is 127. The van der Waals surface area contributed by atoms with Crippen molar-refractivity contribution in [2.45, 2.75) is 19.8 Å². The third-order valence-corrected chi connectivity index (χ3v) is 2.91. The van der Waals surface area contributed by atoms with Crippen LogP contribution in [-0.2, 0) is 11.2 Å². The quantitative estimate of drug-likeness (QED) is 0.290. The van der Waals surface area contributed by atoms with E-state index in [2.05, 4.69) is 15.6 Å². The van der Waals surface area contributed by atoms with E-state index in [0.29, 0.717) is 25.7 Å². The molecule has 0 saturated carbocycles. The van der Waals surface area contributed by atoms with Crippen molar-refractivity contribution in [3.8, 4) is 0 Å². The second-order valence-corrected chi connectivity index (χ2v) is 4.43. The van der Waals surface area contributed by atoms with Gasteiger partial charge in [0.25, 0.3) is 0 Å². The lowest BCUT2D eigenvalue weighted by Crippen LogP contribution is -2.39. The molecule has 1 aromatic carbocycles. The van der Waals surface area contributed by atoms with Crippen molar-refractivity contribution in [3.05, 3.63) is 35.4 Å². The number of nitrogens with one attached hydrogen (secondary N) is 2. The molecule has 0 heterocycles. The van der Waals surface area contributed by atoms with Gasteiger partial charge in [-0.2, -0.15) is 0 Å². The summed E-state index contributed by atoms with van der Waals surface area (Å²) in [5, 5.41) is 6.14. The van der Waals surface area contributed by atoms with Crippen LogP contribution in [0.1, 0.15) is 18.9 Å². The molecular weight excluding hydrogens is 403 g/mol. The summed E-state index contributed by atoms with van der Waals surface area (Å²) in [7, 11) is 1.65. The molecule has 0 fully saturated rings. The van der Waals surface area contributed by atoms with Crippen molar-refractivity contribution in [2.24, 2.45) is 4.99 Å². The van der Waals surface area contributed by atoms with Crippen LogP contribution >= 0.6 is 24.0 Å². The second kappa shape index (κ2) is 12.6. The molecule has 0 aliphatic carbocycles. The van der Waals surface area contributed by atoms with Crippen LogP contribution in [0.25, 0.3) is 0 Å². The fourth-order valence-corrected chi connectivity index (χ4v) is 1.82. The van der Waals surface area contributed by atoms with Gasteiger partial charge in [-0.15, -0.1) is 24.0 Å². The lowest BCUT2D eigenvalue weighted by atomic mass is 10.1. The van der Waals surface area contributed by atoms with E-state index in [1.54, 1.807) is 7.05 Å². The van der Waals surface area contributed by atoms with E-state index < -0.39 is 11.6 Å². The van der Waals surface area contributed by atoms with Crippen molar-refractivity contribution in [3.63, 3.8) is 0 Å². The van der Waals surface area contributed by atoms with Crippen molar-refractivity contribution in [1.29, 1.82) is 0 Å². The fraction of sp³-hybridized carbons (Fsp3) is 0.533. The minimum absolute atomic E-state index is 0.